The van der Waals surface area contributed by atoms with Gasteiger partial charge in [0.1, 0.15) is 10.5 Å². The highest BCUT2D eigenvalue weighted by Crippen LogP contribution is 2.45. The maximum absolute atomic E-state index is 14.1. The van der Waals surface area contributed by atoms with Crippen molar-refractivity contribution in [2.75, 3.05) is 25.1 Å². The molecule has 5 heterocycles. The van der Waals surface area contributed by atoms with Crippen LogP contribution in [0.5, 0.6) is 0 Å². The van der Waals surface area contributed by atoms with Crippen LogP contribution in [0.4, 0.5) is 19.2 Å². The highest BCUT2D eigenvalue weighted by atomic mass is 32.1. The second kappa shape index (κ2) is 6.68. The van der Waals surface area contributed by atoms with Crippen LogP contribution in [-0.4, -0.2) is 42.3 Å². The second-order valence-electron chi connectivity index (χ2n) is 7.48. The molecule has 2 bridgehead atoms. The van der Waals surface area contributed by atoms with Gasteiger partial charge >= 0.3 is 6.18 Å². The summed E-state index contributed by atoms with van der Waals surface area (Å²) in [6.07, 6.45) is -2.67. The smallest absolute Gasteiger partial charge is 0.418 e. The molecule has 6 nitrogen and oxygen atoms in total. The zero-order chi connectivity index (χ0) is 20.3. The molecule has 10 heteroatoms. The summed E-state index contributed by atoms with van der Waals surface area (Å²) in [5.41, 5.74) is -0.355. The molecule has 154 valence electrons. The topological polar surface area (TPSA) is 63.4 Å². The Bertz CT molecular complexity index is 1030. The Labute approximate surface area is 168 Å². The molecule has 0 saturated carbocycles. The van der Waals surface area contributed by atoms with Crippen molar-refractivity contribution in [1.29, 1.82) is 0 Å². The van der Waals surface area contributed by atoms with Gasteiger partial charge in [0.2, 0.25) is 0 Å². The summed E-state index contributed by atoms with van der Waals surface area (Å²) in [7, 11) is 1.39. The Morgan fingerprint density at radius 3 is 2.66 bits per heavy atom. The lowest BCUT2D eigenvalue weighted by molar-refractivity contribution is -0.138. The molecule has 0 amide bonds. The van der Waals surface area contributed by atoms with Crippen molar-refractivity contribution >= 4 is 28.5 Å². The lowest BCUT2D eigenvalue weighted by Gasteiger charge is -2.47. The number of rotatable bonds is 4. The molecular formula is C19H19F3N4O2S. The lowest BCUT2D eigenvalue weighted by Crippen LogP contribution is -2.67. The average molecular weight is 424 g/mol. The number of fused-ring (bicyclic) bond motifs is 3. The fourth-order valence-corrected chi connectivity index (χ4v) is 4.81. The fourth-order valence-electron chi connectivity index (χ4n) is 4.16. The first kappa shape index (κ1) is 18.8. The van der Waals surface area contributed by atoms with Crippen molar-refractivity contribution < 1.29 is 22.3 Å². The average Bonchev–Trinajstić information content (AvgIpc) is 3.34. The summed E-state index contributed by atoms with van der Waals surface area (Å²) in [6, 6.07) is 2.35. The second-order valence-corrected chi connectivity index (χ2v) is 8.37. The minimum Gasteiger partial charge on any atom is -0.423 e. The first-order valence-electron chi connectivity index (χ1n) is 9.33. The minimum absolute atomic E-state index is 0.0284. The number of nitrogens with one attached hydrogen (secondary N) is 1. The summed E-state index contributed by atoms with van der Waals surface area (Å²) in [6.45, 7) is 2.92. The zero-order valence-corrected chi connectivity index (χ0v) is 16.6. The zero-order valence-electron chi connectivity index (χ0n) is 15.8. The van der Waals surface area contributed by atoms with Gasteiger partial charge in [0, 0.05) is 43.9 Å². The molecule has 3 saturated heterocycles. The summed E-state index contributed by atoms with van der Waals surface area (Å²) in [4.78, 5) is 10.5. The lowest BCUT2D eigenvalue weighted by atomic mass is 9.92. The van der Waals surface area contributed by atoms with Gasteiger partial charge in [-0.05, 0) is 25.0 Å². The number of hydrogen-bond acceptors (Lipinski definition) is 7. The van der Waals surface area contributed by atoms with Gasteiger partial charge < -0.3 is 19.4 Å². The van der Waals surface area contributed by atoms with Crippen molar-refractivity contribution in [3.63, 3.8) is 0 Å². The van der Waals surface area contributed by atoms with Crippen molar-refractivity contribution in [3.8, 4) is 10.6 Å². The standard InChI is InChI=1S/C19H19F3N4O2S/c1-9(27-2)12-6-13(17-23-3-4-29-17)16-15(14(12)19(20,21)22)25-18(28-16)26-7-10-5-11(8-26)24-10/h3-4,6,9-11,24H,5,7-8H2,1-2H3. The van der Waals surface area contributed by atoms with E-state index in [0.29, 0.717) is 35.7 Å². The van der Waals surface area contributed by atoms with Gasteiger partial charge in [-0.25, -0.2) is 4.98 Å². The van der Waals surface area contributed by atoms with Gasteiger partial charge in [0.15, 0.2) is 5.58 Å². The van der Waals surface area contributed by atoms with Crippen LogP contribution in [0, 0.1) is 0 Å². The molecule has 1 aromatic carbocycles. The van der Waals surface area contributed by atoms with E-state index in [1.165, 1.54) is 24.5 Å². The molecule has 3 aliphatic heterocycles. The molecule has 3 aromatic rings. The molecule has 0 spiro atoms. The van der Waals surface area contributed by atoms with Gasteiger partial charge in [-0.3, -0.25) is 0 Å². The summed E-state index contributed by atoms with van der Waals surface area (Å²) < 4.78 is 53.5. The highest BCUT2D eigenvalue weighted by Gasteiger charge is 2.42. The van der Waals surface area contributed by atoms with E-state index in [1.54, 1.807) is 18.5 Å². The number of ether oxygens (including phenoxy) is 1. The number of nitrogens with zero attached hydrogens (tertiary/aromatic N) is 3. The maximum atomic E-state index is 14.1. The Balaban J connectivity index is 1.75. The van der Waals surface area contributed by atoms with Crippen LogP contribution >= 0.6 is 11.3 Å². The van der Waals surface area contributed by atoms with E-state index in [0.717, 1.165) is 6.42 Å². The molecule has 0 radical (unpaired) electrons. The number of piperidine rings is 1. The number of thiazole rings is 1. The van der Waals surface area contributed by atoms with Gasteiger partial charge in [0.05, 0.1) is 17.2 Å². The monoisotopic (exact) mass is 424 g/mol. The predicted octanol–water partition coefficient (Wildman–Crippen LogP) is 4.23. The number of halogens is 3. The number of methoxy groups -OCH3 is 1. The van der Waals surface area contributed by atoms with E-state index in [1.807, 2.05) is 4.90 Å². The third-order valence-electron chi connectivity index (χ3n) is 5.62. The normalized spacial score (nSPS) is 22.7. The molecule has 3 unspecified atom stereocenters. The van der Waals surface area contributed by atoms with Crippen LogP contribution < -0.4 is 10.2 Å². The molecule has 6 rings (SSSR count). The molecule has 3 aliphatic rings. The highest BCUT2D eigenvalue weighted by molar-refractivity contribution is 7.13. The Hall–Kier alpha value is -2.17. The van der Waals surface area contributed by atoms with Gasteiger partial charge in [-0.1, -0.05) is 0 Å². The van der Waals surface area contributed by atoms with E-state index in [9.17, 15) is 13.2 Å². The first-order chi connectivity index (χ1) is 13.8. The number of piperazine rings is 1. The molecule has 29 heavy (non-hydrogen) atoms. The van der Waals surface area contributed by atoms with Crippen LogP contribution in [0.3, 0.4) is 0 Å². The summed E-state index contributed by atoms with van der Waals surface area (Å²) in [5, 5.41) is 5.76. The van der Waals surface area contributed by atoms with Crippen molar-refractivity contribution in [3.05, 3.63) is 28.8 Å². The van der Waals surface area contributed by atoms with Crippen molar-refractivity contribution in [1.82, 2.24) is 15.3 Å². The summed E-state index contributed by atoms with van der Waals surface area (Å²) >= 11 is 1.34. The van der Waals surface area contributed by atoms with E-state index < -0.39 is 17.8 Å². The van der Waals surface area contributed by atoms with Crippen molar-refractivity contribution in [2.24, 2.45) is 0 Å². The third kappa shape index (κ3) is 3.10. The molecule has 3 fully saturated rings. The molecule has 3 atom stereocenters. The maximum Gasteiger partial charge on any atom is 0.418 e. The minimum atomic E-state index is -4.60. The number of hydrogen-bond donors (Lipinski definition) is 1. The summed E-state index contributed by atoms with van der Waals surface area (Å²) in [5.74, 6) is 0. The van der Waals surface area contributed by atoms with Crippen molar-refractivity contribution in [2.45, 2.75) is 37.7 Å². The van der Waals surface area contributed by atoms with Crippen LogP contribution in [0.1, 0.15) is 30.6 Å². The molecule has 0 aliphatic carbocycles. The fraction of sp³-hybridized carbons (Fsp3) is 0.474. The van der Waals surface area contributed by atoms with Gasteiger partial charge in [-0.15, -0.1) is 11.3 Å². The van der Waals surface area contributed by atoms with Gasteiger partial charge in [0.25, 0.3) is 6.01 Å². The molecule has 1 N–H and O–H groups in total. The first-order valence-corrected chi connectivity index (χ1v) is 10.2. The van der Waals surface area contributed by atoms with Crippen LogP contribution in [0.25, 0.3) is 21.7 Å². The Kier molecular flexibility index (Phi) is 4.34. The number of alkyl halides is 3. The van der Waals surface area contributed by atoms with E-state index in [2.05, 4.69) is 15.3 Å². The number of benzene rings is 1. The van der Waals surface area contributed by atoms with Crippen LogP contribution in [0.2, 0.25) is 0 Å². The Morgan fingerprint density at radius 2 is 2.07 bits per heavy atom. The quantitative estimate of drug-likeness (QED) is 0.676. The number of anilines is 1. The van der Waals surface area contributed by atoms with E-state index in [-0.39, 0.29) is 22.7 Å². The van der Waals surface area contributed by atoms with E-state index >= 15 is 0 Å². The van der Waals surface area contributed by atoms with E-state index in [4.69, 9.17) is 9.15 Å². The van der Waals surface area contributed by atoms with Crippen LogP contribution in [-0.2, 0) is 10.9 Å². The molecular weight excluding hydrogens is 405 g/mol. The third-order valence-corrected chi connectivity index (χ3v) is 6.42. The van der Waals surface area contributed by atoms with Gasteiger partial charge in [-0.2, -0.15) is 18.2 Å². The largest absolute Gasteiger partial charge is 0.423 e. The predicted molar refractivity (Wildman–Crippen MR) is 103 cm³/mol. The van der Waals surface area contributed by atoms with Crippen LogP contribution in [0.15, 0.2) is 22.1 Å². The molecule has 2 aromatic heterocycles. The SMILES string of the molecule is COC(C)c1cc(-c2nccs2)c2oc(N3CC4CC(C3)N4)nc2c1C(F)(F)F. The number of oxazole rings is 1. The number of aromatic nitrogens is 2. The Morgan fingerprint density at radius 1 is 1.34 bits per heavy atom.